The maximum absolute atomic E-state index is 12.3. The molecule has 1 atom stereocenters. The number of aromatic nitrogens is 1. The van der Waals surface area contributed by atoms with Gasteiger partial charge in [0.1, 0.15) is 5.75 Å². The number of ether oxygens (including phenoxy) is 2. The molecular formula is C13H18N2O4. The van der Waals surface area contributed by atoms with Crippen LogP contribution in [0.5, 0.6) is 5.75 Å². The van der Waals surface area contributed by atoms with Gasteiger partial charge in [0.05, 0.1) is 24.5 Å². The van der Waals surface area contributed by atoms with Crippen LogP contribution in [0.1, 0.15) is 16.8 Å². The Kier molecular flexibility index (Phi) is 4.70. The fourth-order valence-corrected chi connectivity index (χ4v) is 2.06. The summed E-state index contributed by atoms with van der Waals surface area (Å²) in [5.41, 5.74) is 0.396. The quantitative estimate of drug-likeness (QED) is 0.867. The number of amides is 1. The van der Waals surface area contributed by atoms with Gasteiger partial charge >= 0.3 is 0 Å². The first-order chi connectivity index (χ1) is 9.20. The normalized spacial score (nSPS) is 19.4. The van der Waals surface area contributed by atoms with E-state index < -0.39 is 0 Å². The fourth-order valence-electron chi connectivity index (χ4n) is 2.06. The van der Waals surface area contributed by atoms with E-state index in [0.717, 1.165) is 6.42 Å². The van der Waals surface area contributed by atoms with Crippen LogP contribution in [0.4, 0.5) is 0 Å². The van der Waals surface area contributed by atoms with Crippen molar-refractivity contribution in [3.8, 4) is 5.75 Å². The molecular weight excluding hydrogens is 248 g/mol. The zero-order valence-corrected chi connectivity index (χ0v) is 10.9. The number of methoxy groups -OCH3 is 1. The van der Waals surface area contributed by atoms with E-state index in [1.807, 2.05) is 0 Å². The molecule has 0 spiro atoms. The lowest BCUT2D eigenvalue weighted by Gasteiger charge is -2.32. The molecule has 0 aliphatic carbocycles. The highest BCUT2D eigenvalue weighted by Gasteiger charge is 2.25. The van der Waals surface area contributed by atoms with E-state index in [0.29, 0.717) is 31.9 Å². The van der Waals surface area contributed by atoms with E-state index in [2.05, 4.69) is 4.98 Å². The van der Waals surface area contributed by atoms with Crippen LogP contribution in [0.2, 0.25) is 0 Å². The van der Waals surface area contributed by atoms with E-state index in [-0.39, 0.29) is 17.8 Å². The van der Waals surface area contributed by atoms with E-state index >= 15 is 0 Å². The first kappa shape index (κ1) is 13.8. The Morgan fingerprint density at radius 2 is 2.47 bits per heavy atom. The third-order valence-corrected chi connectivity index (χ3v) is 3.04. The number of aromatic hydroxyl groups is 1. The Balaban J connectivity index is 1.99. The predicted molar refractivity (Wildman–Crippen MR) is 68.0 cm³/mol. The lowest BCUT2D eigenvalue weighted by molar-refractivity contribution is -0.0333. The molecule has 1 fully saturated rings. The largest absolute Gasteiger partial charge is 0.506 e. The van der Waals surface area contributed by atoms with Crippen molar-refractivity contribution >= 4 is 5.91 Å². The molecule has 2 rings (SSSR count). The number of rotatable bonds is 4. The van der Waals surface area contributed by atoms with Crippen molar-refractivity contribution in [2.45, 2.75) is 12.5 Å². The molecule has 1 amide bonds. The van der Waals surface area contributed by atoms with Crippen LogP contribution in [-0.4, -0.2) is 60.4 Å². The van der Waals surface area contributed by atoms with Crippen molar-refractivity contribution in [1.82, 2.24) is 9.88 Å². The van der Waals surface area contributed by atoms with E-state index in [1.54, 1.807) is 12.0 Å². The van der Waals surface area contributed by atoms with Crippen molar-refractivity contribution in [2.75, 3.05) is 33.4 Å². The van der Waals surface area contributed by atoms with Crippen LogP contribution in [0, 0.1) is 0 Å². The van der Waals surface area contributed by atoms with Crippen LogP contribution in [0.15, 0.2) is 18.5 Å². The number of hydrogen-bond acceptors (Lipinski definition) is 5. The van der Waals surface area contributed by atoms with Crippen LogP contribution in [-0.2, 0) is 9.47 Å². The van der Waals surface area contributed by atoms with Gasteiger partial charge in [0, 0.05) is 33.0 Å². The summed E-state index contributed by atoms with van der Waals surface area (Å²) < 4.78 is 10.6. The Morgan fingerprint density at radius 3 is 3.21 bits per heavy atom. The van der Waals surface area contributed by atoms with Gasteiger partial charge in [-0.1, -0.05) is 0 Å². The van der Waals surface area contributed by atoms with Crippen LogP contribution < -0.4 is 0 Å². The zero-order valence-electron chi connectivity index (χ0n) is 10.9. The molecule has 0 saturated carbocycles. The maximum Gasteiger partial charge on any atom is 0.255 e. The third kappa shape index (κ3) is 3.65. The van der Waals surface area contributed by atoms with Gasteiger partial charge in [-0.3, -0.25) is 9.78 Å². The molecule has 0 radical (unpaired) electrons. The molecule has 0 bridgehead atoms. The number of carbonyl (C=O) groups is 1. The molecule has 1 aromatic rings. The Morgan fingerprint density at radius 1 is 1.63 bits per heavy atom. The second-order valence-electron chi connectivity index (χ2n) is 4.46. The number of nitrogens with zero attached hydrogens (tertiary/aromatic N) is 2. The van der Waals surface area contributed by atoms with Gasteiger partial charge in [0.25, 0.3) is 5.91 Å². The standard InChI is InChI=1S/C13H18N2O4/c1-18-4-2-12-9-15(3-5-19-12)13(17)10-6-11(16)8-14-7-10/h6-8,12,16H,2-5,9H2,1H3/t12-/m1/s1. The van der Waals surface area contributed by atoms with Crippen molar-refractivity contribution in [3.05, 3.63) is 24.0 Å². The maximum atomic E-state index is 12.3. The second kappa shape index (κ2) is 6.49. The first-order valence-corrected chi connectivity index (χ1v) is 6.24. The van der Waals surface area contributed by atoms with Gasteiger partial charge in [-0.2, -0.15) is 0 Å². The van der Waals surface area contributed by atoms with Gasteiger partial charge in [-0.25, -0.2) is 0 Å². The molecule has 1 N–H and O–H groups in total. The van der Waals surface area contributed by atoms with Gasteiger partial charge in [-0.15, -0.1) is 0 Å². The average Bonchev–Trinajstić information content (AvgIpc) is 2.44. The van der Waals surface area contributed by atoms with Gasteiger partial charge < -0.3 is 19.5 Å². The highest BCUT2D eigenvalue weighted by Crippen LogP contribution is 2.15. The molecule has 1 aliphatic rings. The molecule has 0 aromatic carbocycles. The minimum Gasteiger partial charge on any atom is -0.506 e. The highest BCUT2D eigenvalue weighted by atomic mass is 16.5. The van der Waals surface area contributed by atoms with Crippen LogP contribution >= 0.6 is 0 Å². The highest BCUT2D eigenvalue weighted by molar-refractivity contribution is 5.94. The van der Waals surface area contributed by atoms with Gasteiger partial charge in [-0.05, 0) is 12.5 Å². The number of hydrogen-bond donors (Lipinski definition) is 1. The topological polar surface area (TPSA) is 71.9 Å². The van der Waals surface area contributed by atoms with Crippen molar-refractivity contribution < 1.29 is 19.4 Å². The van der Waals surface area contributed by atoms with Crippen molar-refractivity contribution in [3.63, 3.8) is 0 Å². The molecule has 0 unspecified atom stereocenters. The monoisotopic (exact) mass is 266 g/mol. The zero-order chi connectivity index (χ0) is 13.7. The van der Waals surface area contributed by atoms with Crippen molar-refractivity contribution in [1.29, 1.82) is 0 Å². The van der Waals surface area contributed by atoms with E-state index in [9.17, 15) is 9.90 Å². The average molecular weight is 266 g/mol. The minimum atomic E-state index is -0.130. The summed E-state index contributed by atoms with van der Waals surface area (Å²) in [5.74, 6) is -0.135. The van der Waals surface area contributed by atoms with Gasteiger partial charge in [0.15, 0.2) is 0 Å². The lowest BCUT2D eigenvalue weighted by Crippen LogP contribution is -2.46. The SMILES string of the molecule is COCC[C@@H]1CN(C(=O)c2cncc(O)c2)CCO1. The summed E-state index contributed by atoms with van der Waals surface area (Å²) >= 11 is 0. The summed E-state index contributed by atoms with van der Waals surface area (Å²) in [6.07, 6.45) is 3.53. The van der Waals surface area contributed by atoms with Crippen LogP contribution in [0.25, 0.3) is 0 Å². The number of pyridine rings is 1. The summed E-state index contributed by atoms with van der Waals surface area (Å²) in [6.45, 7) is 2.22. The second-order valence-corrected chi connectivity index (χ2v) is 4.46. The summed E-state index contributed by atoms with van der Waals surface area (Å²) in [4.78, 5) is 17.8. The molecule has 104 valence electrons. The molecule has 2 heterocycles. The molecule has 19 heavy (non-hydrogen) atoms. The lowest BCUT2D eigenvalue weighted by atomic mass is 10.1. The molecule has 1 saturated heterocycles. The Labute approximate surface area is 112 Å². The number of morpholine rings is 1. The summed E-state index contributed by atoms with van der Waals surface area (Å²) in [5, 5.41) is 9.35. The molecule has 1 aliphatic heterocycles. The summed E-state index contributed by atoms with van der Waals surface area (Å²) in [7, 11) is 1.64. The van der Waals surface area contributed by atoms with Crippen molar-refractivity contribution in [2.24, 2.45) is 0 Å². The van der Waals surface area contributed by atoms with E-state index in [4.69, 9.17) is 9.47 Å². The minimum absolute atomic E-state index is 0.00270. The summed E-state index contributed by atoms with van der Waals surface area (Å²) in [6, 6.07) is 1.43. The van der Waals surface area contributed by atoms with Gasteiger partial charge in [0.2, 0.25) is 0 Å². The Bertz CT molecular complexity index is 438. The predicted octanol–water partition coefficient (Wildman–Crippen LogP) is 0.665. The van der Waals surface area contributed by atoms with E-state index in [1.165, 1.54) is 18.5 Å². The number of carbonyl (C=O) groups excluding carboxylic acids is 1. The molecule has 1 aromatic heterocycles. The fraction of sp³-hybridized carbons (Fsp3) is 0.538. The third-order valence-electron chi connectivity index (χ3n) is 3.04. The Hall–Kier alpha value is -1.66. The molecule has 6 heteroatoms. The first-order valence-electron chi connectivity index (χ1n) is 6.24. The smallest absolute Gasteiger partial charge is 0.255 e. The molecule has 6 nitrogen and oxygen atoms in total. The van der Waals surface area contributed by atoms with Crippen LogP contribution in [0.3, 0.4) is 0 Å².